The first-order valence-electron chi connectivity index (χ1n) is 5.90. The Balaban J connectivity index is 2.17. The minimum absolute atomic E-state index is 0.111. The number of imidazole rings is 2. The van der Waals surface area contributed by atoms with Crippen LogP contribution in [0.2, 0.25) is 5.02 Å². The van der Waals surface area contributed by atoms with Crippen molar-refractivity contribution in [1.82, 2.24) is 14.0 Å². The monoisotopic (exact) mass is 277 g/mol. The maximum Gasteiger partial charge on any atom is 0.303 e. The molecule has 0 bridgehead atoms. The lowest BCUT2D eigenvalue weighted by Gasteiger charge is -1.99. The van der Waals surface area contributed by atoms with Gasteiger partial charge in [-0.15, -0.1) is 0 Å². The number of carbonyl (C=O) groups is 1. The summed E-state index contributed by atoms with van der Waals surface area (Å²) in [5.41, 5.74) is 2.63. The van der Waals surface area contributed by atoms with Gasteiger partial charge in [-0.2, -0.15) is 0 Å². The predicted molar refractivity (Wildman–Crippen MR) is 72.6 cm³/mol. The number of fused-ring (bicyclic) bond motifs is 3. The van der Waals surface area contributed by atoms with Crippen molar-refractivity contribution in [1.29, 1.82) is 0 Å². The third-order valence-electron chi connectivity index (χ3n) is 3.26. The Morgan fingerprint density at radius 3 is 3.00 bits per heavy atom. The number of para-hydroxylation sites is 1. The number of benzene rings is 1. The molecular formula is C13H12ClN3O2. The number of aliphatic carboxylic acids is 1. The summed E-state index contributed by atoms with van der Waals surface area (Å²) >= 11 is 6.12. The molecule has 0 spiro atoms. The van der Waals surface area contributed by atoms with Crippen molar-refractivity contribution in [2.75, 3.05) is 0 Å². The number of hydrogen-bond donors (Lipinski definition) is 1. The minimum atomic E-state index is -0.799. The molecule has 0 aliphatic rings. The van der Waals surface area contributed by atoms with Crippen LogP contribution in [0.3, 0.4) is 0 Å². The smallest absolute Gasteiger partial charge is 0.303 e. The maximum atomic E-state index is 10.6. The molecule has 0 saturated heterocycles. The Bertz CT molecular complexity index is 788. The summed E-state index contributed by atoms with van der Waals surface area (Å²) in [5.74, 6) is -0.0322. The minimum Gasteiger partial charge on any atom is -0.481 e. The Kier molecular flexibility index (Phi) is 2.71. The van der Waals surface area contributed by atoms with Gasteiger partial charge in [0.1, 0.15) is 5.52 Å². The molecule has 2 aromatic heterocycles. The number of aromatic nitrogens is 3. The number of carboxylic acid groups (broad SMARTS) is 1. The largest absolute Gasteiger partial charge is 0.481 e. The zero-order valence-electron chi connectivity index (χ0n) is 10.3. The summed E-state index contributed by atoms with van der Waals surface area (Å²) in [6.45, 7) is 0. The van der Waals surface area contributed by atoms with E-state index in [1.807, 2.05) is 40.4 Å². The zero-order chi connectivity index (χ0) is 13.6. The number of nitrogens with zero attached hydrogens (tertiary/aromatic N) is 3. The van der Waals surface area contributed by atoms with Crippen LogP contribution < -0.4 is 0 Å². The summed E-state index contributed by atoms with van der Waals surface area (Å²) in [7, 11) is 1.88. The zero-order valence-corrected chi connectivity index (χ0v) is 11.1. The standard InChI is InChI=1S/C13H12ClN3O2/c1-16-8(5-6-11(18)19)7-17-10-4-2-3-9(14)12(10)15-13(16)17/h2-4,7H,5-6H2,1H3,(H,18,19). The Hall–Kier alpha value is -2.01. The van der Waals surface area contributed by atoms with Crippen LogP contribution in [0.15, 0.2) is 24.4 Å². The van der Waals surface area contributed by atoms with E-state index in [4.69, 9.17) is 16.7 Å². The highest BCUT2D eigenvalue weighted by molar-refractivity contribution is 6.35. The average Bonchev–Trinajstić information content (AvgIpc) is 2.87. The van der Waals surface area contributed by atoms with E-state index in [-0.39, 0.29) is 6.42 Å². The number of hydrogen-bond acceptors (Lipinski definition) is 2. The molecule has 0 atom stereocenters. The first-order chi connectivity index (χ1) is 9.08. The van der Waals surface area contributed by atoms with Gasteiger partial charge < -0.3 is 9.67 Å². The van der Waals surface area contributed by atoms with Crippen molar-refractivity contribution in [2.24, 2.45) is 7.05 Å². The van der Waals surface area contributed by atoms with Gasteiger partial charge in [0.2, 0.25) is 5.78 Å². The third kappa shape index (κ3) is 1.86. The second-order valence-corrected chi connectivity index (χ2v) is 4.87. The van der Waals surface area contributed by atoms with Crippen LogP contribution in [0, 0.1) is 0 Å². The van der Waals surface area contributed by atoms with Crippen molar-refractivity contribution in [3.63, 3.8) is 0 Å². The summed E-state index contributed by atoms with van der Waals surface area (Å²) in [6, 6.07) is 5.63. The van der Waals surface area contributed by atoms with Gasteiger partial charge in [-0.05, 0) is 18.6 Å². The van der Waals surface area contributed by atoms with Crippen molar-refractivity contribution in [2.45, 2.75) is 12.8 Å². The lowest BCUT2D eigenvalue weighted by molar-refractivity contribution is -0.136. The van der Waals surface area contributed by atoms with E-state index >= 15 is 0 Å². The molecule has 1 aromatic carbocycles. The molecule has 0 amide bonds. The highest BCUT2D eigenvalue weighted by Crippen LogP contribution is 2.25. The molecule has 1 N–H and O–H groups in total. The summed E-state index contributed by atoms with van der Waals surface area (Å²) in [6.07, 6.45) is 2.51. The quantitative estimate of drug-likeness (QED) is 0.800. The molecule has 0 saturated carbocycles. The number of rotatable bonds is 3. The van der Waals surface area contributed by atoms with E-state index < -0.39 is 5.97 Å². The van der Waals surface area contributed by atoms with E-state index in [2.05, 4.69) is 4.98 Å². The number of halogens is 1. The van der Waals surface area contributed by atoms with E-state index in [1.54, 1.807) is 0 Å². The first-order valence-corrected chi connectivity index (χ1v) is 6.28. The molecule has 2 heterocycles. The fourth-order valence-electron chi connectivity index (χ4n) is 2.27. The van der Waals surface area contributed by atoms with Gasteiger partial charge in [0.15, 0.2) is 0 Å². The molecule has 5 nitrogen and oxygen atoms in total. The molecule has 6 heteroatoms. The van der Waals surface area contributed by atoms with Gasteiger partial charge in [0.25, 0.3) is 0 Å². The van der Waals surface area contributed by atoms with Gasteiger partial charge in [0.05, 0.1) is 17.0 Å². The Morgan fingerprint density at radius 2 is 2.26 bits per heavy atom. The third-order valence-corrected chi connectivity index (χ3v) is 3.56. The van der Waals surface area contributed by atoms with E-state index in [0.29, 0.717) is 11.4 Å². The normalized spacial score (nSPS) is 11.5. The second-order valence-electron chi connectivity index (χ2n) is 4.46. The molecule has 98 valence electrons. The fourth-order valence-corrected chi connectivity index (χ4v) is 2.48. The molecule has 0 fully saturated rings. The van der Waals surface area contributed by atoms with Crippen LogP contribution in [0.4, 0.5) is 0 Å². The molecule has 0 aliphatic carbocycles. The van der Waals surface area contributed by atoms with E-state index in [9.17, 15) is 4.79 Å². The van der Waals surface area contributed by atoms with Crippen LogP contribution in [-0.4, -0.2) is 25.0 Å². The molecule has 3 rings (SSSR count). The Labute approximate surface area is 114 Å². The molecule has 0 radical (unpaired) electrons. The molecular weight excluding hydrogens is 266 g/mol. The predicted octanol–water partition coefficient (Wildman–Crippen LogP) is 2.50. The van der Waals surface area contributed by atoms with Crippen LogP contribution in [-0.2, 0) is 18.3 Å². The maximum absolute atomic E-state index is 10.6. The van der Waals surface area contributed by atoms with Crippen LogP contribution in [0.1, 0.15) is 12.1 Å². The van der Waals surface area contributed by atoms with Gasteiger partial charge in [-0.25, -0.2) is 4.98 Å². The van der Waals surface area contributed by atoms with E-state index in [1.165, 1.54) is 0 Å². The number of carboxylic acids is 1. The highest BCUT2D eigenvalue weighted by atomic mass is 35.5. The van der Waals surface area contributed by atoms with Crippen LogP contribution in [0.5, 0.6) is 0 Å². The van der Waals surface area contributed by atoms with Gasteiger partial charge in [-0.3, -0.25) is 9.20 Å². The van der Waals surface area contributed by atoms with Crippen LogP contribution in [0.25, 0.3) is 16.8 Å². The summed E-state index contributed by atoms with van der Waals surface area (Å²) in [5, 5.41) is 9.37. The van der Waals surface area contributed by atoms with Crippen molar-refractivity contribution in [3.8, 4) is 0 Å². The van der Waals surface area contributed by atoms with Crippen LogP contribution >= 0.6 is 11.6 Å². The summed E-state index contributed by atoms with van der Waals surface area (Å²) < 4.78 is 3.84. The number of aryl methyl sites for hydroxylation is 2. The van der Waals surface area contributed by atoms with Crippen molar-refractivity contribution in [3.05, 3.63) is 35.1 Å². The fraction of sp³-hybridized carbons (Fsp3) is 0.231. The first kappa shape index (κ1) is 12.0. The lowest BCUT2D eigenvalue weighted by atomic mass is 10.2. The average molecular weight is 278 g/mol. The lowest BCUT2D eigenvalue weighted by Crippen LogP contribution is -2.02. The second kappa shape index (κ2) is 4.28. The highest BCUT2D eigenvalue weighted by Gasteiger charge is 2.13. The molecule has 0 unspecified atom stereocenters. The Morgan fingerprint density at radius 1 is 1.47 bits per heavy atom. The topological polar surface area (TPSA) is 59.5 Å². The SMILES string of the molecule is Cn1c(CCC(=O)O)cn2c3cccc(Cl)c3nc12. The summed E-state index contributed by atoms with van der Waals surface area (Å²) in [4.78, 5) is 15.2. The van der Waals surface area contributed by atoms with Gasteiger partial charge >= 0.3 is 5.97 Å². The molecule has 3 aromatic rings. The van der Waals surface area contributed by atoms with Gasteiger partial charge in [-0.1, -0.05) is 17.7 Å². The molecule has 19 heavy (non-hydrogen) atoms. The van der Waals surface area contributed by atoms with Gasteiger partial charge in [0, 0.05) is 18.9 Å². The van der Waals surface area contributed by atoms with E-state index in [0.717, 1.165) is 22.5 Å². The van der Waals surface area contributed by atoms with Crippen molar-refractivity contribution < 1.29 is 9.90 Å². The molecule has 0 aliphatic heterocycles. The van der Waals surface area contributed by atoms with Crippen molar-refractivity contribution >= 4 is 34.4 Å².